The van der Waals surface area contributed by atoms with Crippen molar-refractivity contribution in [1.82, 2.24) is 10.4 Å². The summed E-state index contributed by atoms with van der Waals surface area (Å²) in [4.78, 5) is 4.87. The molecule has 0 spiro atoms. The molecule has 3 aromatic carbocycles. The van der Waals surface area contributed by atoms with E-state index in [0.717, 1.165) is 29.2 Å². The predicted molar refractivity (Wildman–Crippen MR) is 103 cm³/mol. The second-order valence-corrected chi connectivity index (χ2v) is 5.89. The maximum atomic E-state index is 4.87. The average molecular weight is 325 g/mol. The molecule has 0 bridgehead atoms. The first-order valence-corrected chi connectivity index (χ1v) is 8.37. The maximum Gasteiger partial charge on any atom is 0.155 e. The molecule has 0 aromatic heterocycles. The molecule has 3 aromatic rings. The van der Waals surface area contributed by atoms with Crippen LogP contribution >= 0.6 is 0 Å². The summed E-state index contributed by atoms with van der Waals surface area (Å²) >= 11 is 0. The number of hydrazine groups is 1. The van der Waals surface area contributed by atoms with Gasteiger partial charge in [-0.05, 0) is 23.3 Å². The van der Waals surface area contributed by atoms with Crippen molar-refractivity contribution in [2.45, 2.75) is 6.54 Å². The number of aliphatic imine (C=N–C) groups is 1. The quantitative estimate of drug-likeness (QED) is 0.749. The van der Waals surface area contributed by atoms with E-state index < -0.39 is 0 Å². The van der Waals surface area contributed by atoms with Gasteiger partial charge in [0.15, 0.2) is 5.84 Å². The monoisotopic (exact) mass is 325 g/mol. The van der Waals surface area contributed by atoms with Crippen molar-refractivity contribution in [3.8, 4) is 0 Å². The lowest BCUT2D eigenvalue weighted by atomic mass is 10.1. The van der Waals surface area contributed by atoms with E-state index in [1.54, 1.807) is 0 Å². The van der Waals surface area contributed by atoms with Crippen LogP contribution in [0.3, 0.4) is 0 Å². The fourth-order valence-electron chi connectivity index (χ4n) is 2.88. The Morgan fingerprint density at radius 3 is 2.28 bits per heavy atom. The van der Waals surface area contributed by atoms with Gasteiger partial charge in [0, 0.05) is 11.8 Å². The van der Waals surface area contributed by atoms with Crippen molar-refractivity contribution < 1.29 is 0 Å². The summed E-state index contributed by atoms with van der Waals surface area (Å²) in [7, 11) is 0. The second kappa shape index (κ2) is 7.05. The van der Waals surface area contributed by atoms with Crippen molar-refractivity contribution in [3.63, 3.8) is 0 Å². The molecule has 3 heteroatoms. The van der Waals surface area contributed by atoms with E-state index in [9.17, 15) is 0 Å². The van der Waals surface area contributed by atoms with Crippen LogP contribution in [0.25, 0.3) is 6.08 Å². The van der Waals surface area contributed by atoms with Crippen LogP contribution in [0.15, 0.2) is 96.1 Å². The van der Waals surface area contributed by atoms with Crippen LogP contribution in [0, 0.1) is 0 Å². The third kappa shape index (κ3) is 3.45. The van der Waals surface area contributed by atoms with E-state index in [-0.39, 0.29) is 0 Å². The Bertz CT molecular complexity index is 899. The maximum absolute atomic E-state index is 4.87. The van der Waals surface area contributed by atoms with Crippen molar-refractivity contribution in [1.29, 1.82) is 0 Å². The summed E-state index contributed by atoms with van der Waals surface area (Å²) in [5.74, 6) is 0.928. The molecule has 0 amide bonds. The van der Waals surface area contributed by atoms with Crippen molar-refractivity contribution in [3.05, 3.63) is 108 Å². The molecule has 0 aliphatic carbocycles. The lowest BCUT2D eigenvalue weighted by Gasteiger charge is -2.30. The van der Waals surface area contributed by atoms with E-state index in [4.69, 9.17) is 4.99 Å². The Balaban J connectivity index is 1.62. The van der Waals surface area contributed by atoms with E-state index in [0.29, 0.717) is 0 Å². The van der Waals surface area contributed by atoms with Gasteiger partial charge in [-0.1, -0.05) is 78.9 Å². The van der Waals surface area contributed by atoms with Crippen LogP contribution in [0.5, 0.6) is 0 Å². The Morgan fingerprint density at radius 2 is 1.48 bits per heavy atom. The second-order valence-electron chi connectivity index (χ2n) is 5.89. The Kier molecular flexibility index (Phi) is 4.29. The van der Waals surface area contributed by atoms with Gasteiger partial charge >= 0.3 is 0 Å². The molecule has 0 unspecified atom stereocenters. The van der Waals surface area contributed by atoms with Crippen LogP contribution < -0.4 is 5.43 Å². The molecule has 1 aliphatic rings. The predicted octanol–water partition coefficient (Wildman–Crippen LogP) is 4.76. The van der Waals surface area contributed by atoms with Gasteiger partial charge < -0.3 is 5.43 Å². The van der Waals surface area contributed by atoms with Gasteiger partial charge in [-0.25, -0.2) is 4.99 Å². The van der Waals surface area contributed by atoms with Gasteiger partial charge in [0.25, 0.3) is 0 Å². The van der Waals surface area contributed by atoms with E-state index >= 15 is 0 Å². The standard InChI is InChI=1S/C22H19N3/c1-3-9-18(10-4-1)15-16-23-25-17-20-13-7-8-14-21(20)24-22(25)19-11-5-2-6-12-19/h1-16,23H,17H2. The van der Waals surface area contributed by atoms with Crippen LogP contribution in [0.1, 0.15) is 16.7 Å². The molecule has 0 atom stereocenters. The lowest BCUT2D eigenvalue weighted by molar-refractivity contribution is 0.347. The smallest absolute Gasteiger partial charge is 0.155 e. The van der Waals surface area contributed by atoms with Gasteiger partial charge in [0.2, 0.25) is 0 Å². The van der Waals surface area contributed by atoms with Crippen molar-refractivity contribution >= 4 is 17.6 Å². The van der Waals surface area contributed by atoms with Crippen molar-refractivity contribution in [2.75, 3.05) is 0 Å². The SMILES string of the molecule is C(=Cc1ccccc1)NN1Cc2ccccc2N=C1c1ccccc1. The molecule has 4 rings (SSSR count). The molecule has 0 fully saturated rings. The van der Waals surface area contributed by atoms with Crippen LogP contribution in [-0.4, -0.2) is 10.8 Å². The molecule has 3 nitrogen and oxygen atoms in total. The molecule has 1 heterocycles. The van der Waals surface area contributed by atoms with E-state index in [1.165, 1.54) is 5.56 Å². The van der Waals surface area contributed by atoms with Crippen LogP contribution in [0.4, 0.5) is 5.69 Å². The summed E-state index contributed by atoms with van der Waals surface area (Å²) < 4.78 is 0. The average Bonchev–Trinajstić information content (AvgIpc) is 2.69. The summed E-state index contributed by atoms with van der Waals surface area (Å²) in [6, 6.07) is 28.8. The molecule has 0 saturated heterocycles. The zero-order valence-electron chi connectivity index (χ0n) is 13.8. The third-order valence-electron chi connectivity index (χ3n) is 4.14. The molecule has 0 saturated carbocycles. The Morgan fingerprint density at radius 1 is 0.800 bits per heavy atom. The molecule has 0 radical (unpaired) electrons. The number of nitrogens with zero attached hydrogens (tertiary/aromatic N) is 2. The van der Waals surface area contributed by atoms with Gasteiger partial charge in [-0.15, -0.1) is 0 Å². The summed E-state index contributed by atoms with van der Waals surface area (Å²) in [6.07, 6.45) is 4.02. The highest BCUT2D eigenvalue weighted by molar-refractivity contribution is 6.01. The topological polar surface area (TPSA) is 27.6 Å². The third-order valence-corrected chi connectivity index (χ3v) is 4.14. The zero-order valence-corrected chi connectivity index (χ0v) is 13.8. The molecular weight excluding hydrogens is 306 g/mol. The number of hydrogen-bond acceptors (Lipinski definition) is 3. The highest BCUT2D eigenvalue weighted by Gasteiger charge is 2.19. The number of para-hydroxylation sites is 1. The number of nitrogens with one attached hydrogen (secondary N) is 1. The van der Waals surface area contributed by atoms with Gasteiger partial charge in [-0.2, -0.15) is 0 Å². The van der Waals surface area contributed by atoms with E-state index in [2.05, 4.69) is 59.0 Å². The first kappa shape index (κ1) is 15.2. The normalized spacial score (nSPS) is 13.4. The minimum Gasteiger partial charge on any atom is -0.304 e. The number of amidine groups is 1. The molecule has 1 N–H and O–H groups in total. The summed E-state index contributed by atoms with van der Waals surface area (Å²) in [5, 5.41) is 2.08. The number of benzene rings is 3. The van der Waals surface area contributed by atoms with E-state index in [1.807, 2.05) is 48.7 Å². The number of rotatable bonds is 4. The minimum atomic E-state index is 0.767. The highest BCUT2D eigenvalue weighted by Crippen LogP contribution is 2.26. The summed E-state index contributed by atoms with van der Waals surface area (Å²) in [6.45, 7) is 0.767. The molecule has 122 valence electrons. The first-order chi connectivity index (χ1) is 12.4. The largest absolute Gasteiger partial charge is 0.304 e. The summed E-state index contributed by atoms with van der Waals surface area (Å²) in [5.41, 5.74) is 7.88. The molecule has 25 heavy (non-hydrogen) atoms. The first-order valence-electron chi connectivity index (χ1n) is 8.37. The number of hydrogen-bond donors (Lipinski definition) is 1. The Hall–Kier alpha value is -3.33. The van der Waals surface area contributed by atoms with Crippen LogP contribution in [0.2, 0.25) is 0 Å². The van der Waals surface area contributed by atoms with Gasteiger partial charge in [0.1, 0.15) is 0 Å². The van der Waals surface area contributed by atoms with Crippen LogP contribution in [-0.2, 0) is 6.54 Å². The number of fused-ring (bicyclic) bond motifs is 1. The van der Waals surface area contributed by atoms with Crippen molar-refractivity contribution in [2.24, 2.45) is 4.99 Å². The Labute approximate surface area is 147 Å². The fourth-order valence-corrected chi connectivity index (χ4v) is 2.88. The van der Waals surface area contributed by atoms with Gasteiger partial charge in [0.05, 0.1) is 12.2 Å². The minimum absolute atomic E-state index is 0.767. The zero-order chi connectivity index (χ0) is 16.9. The fraction of sp³-hybridized carbons (Fsp3) is 0.0455. The highest BCUT2D eigenvalue weighted by atomic mass is 15.5. The van der Waals surface area contributed by atoms with Gasteiger partial charge in [-0.3, -0.25) is 5.01 Å². The molecular formula is C22H19N3. The lowest BCUT2D eigenvalue weighted by Crippen LogP contribution is -2.41. The molecule has 1 aliphatic heterocycles.